The van der Waals surface area contributed by atoms with Crippen LogP contribution in [-0.2, 0) is 6.42 Å². The first kappa shape index (κ1) is 17.0. The van der Waals surface area contributed by atoms with Crippen molar-refractivity contribution in [3.63, 3.8) is 0 Å². The Hall–Kier alpha value is -3.42. The zero-order valence-electron chi connectivity index (χ0n) is 14.8. The molecule has 1 aromatic carbocycles. The van der Waals surface area contributed by atoms with Crippen LogP contribution in [-0.4, -0.2) is 45.9 Å². The molecule has 8 nitrogen and oxygen atoms in total. The number of nitrogens with one attached hydrogen (secondary N) is 1. The normalized spacial score (nSPS) is 15.5. The maximum absolute atomic E-state index is 12.4. The van der Waals surface area contributed by atoms with E-state index in [2.05, 4.69) is 20.5 Å². The number of benzene rings is 1. The number of ether oxygens (including phenoxy) is 2. The van der Waals surface area contributed by atoms with E-state index in [1.54, 1.807) is 42.7 Å². The number of aromatic nitrogens is 4. The van der Waals surface area contributed by atoms with Crippen LogP contribution >= 0.6 is 0 Å². The van der Waals surface area contributed by atoms with Crippen LogP contribution in [0, 0.1) is 5.92 Å². The van der Waals surface area contributed by atoms with Crippen molar-refractivity contribution in [1.29, 1.82) is 0 Å². The predicted molar refractivity (Wildman–Crippen MR) is 97.2 cm³/mol. The molecule has 3 aromatic rings. The fourth-order valence-corrected chi connectivity index (χ4v) is 3.08. The molecule has 138 valence electrons. The Kier molecular flexibility index (Phi) is 4.69. The highest BCUT2D eigenvalue weighted by Crippen LogP contribution is 2.35. The number of rotatable bonds is 5. The number of hydrogen-bond acceptors (Lipinski definition) is 6. The van der Waals surface area contributed by atoms with Crippen LogP contribution < -0.4 is 14.8 Å². The number of carbonyl (C=O) groups is 1. The second-order valence-corrected chi connectivity index (χ2v) is 6.31. The van der Waals surface area contributed by atoms with Gasteiger partial charge in [-0.3, -0.25) is 9.36 Å². The lowest BCUT2D eigenvalue weighted by Crippen LogP contribution is -2.35. The molecule has 1 N–H and O–H groups in total. The van der Waals surface area contributed by atoms with Crippen molar-refractivity contribution in [3.8, 4) is 17.3 Å². The van der Waals surface area contributed by atoms with Crippen LogP contribution in [0.3, 0.4) is 0 Å². The molecular formula is C19H19N5O3. The lowest BCUT2D eigenvalue weighted by molar-refractivity contribution is 0.0938. The van der Waals surface area contributed by atoms with E-state index in [1.807, 2.05) is 18.2 Å². The van der Waals surface area contributed by atoms with Crippen LogP contribution in [0.1, 0.15) is 15.9 Å². The molecule has 0 bridgehead atoms. The summed E-state index contributed by atoms with van der Waals surface area (Å²) in [6, 6.07) is 9.35. The number of para-hydroxylation sites is 1. The van der Waals surface area contributed by atoms with Crippen molar-refractivity contribution < 1.29 is 14.3 Å². The van der Waals surface area contributed by atoms with E-state index in [1.165, 1.54) is 0 Å². The van der Waals surface area contributed by atoms with Crippen LogP contribution in [0.25, 0.3) is 5.82 Å². The van der Waals surface area contributed by atoms with E-state index >= 15 is 0 Å². The first-order valence-electron chi connectivity index (χ1n) is 8.62. The van der Waals surface area contributed by atoms with Gasteiger partial charge < -0.3 is 14.8 Å². The van der Waals surface area contributed by atoms with Gasteiger partial charge in [-0.25, -0.2) is 4.98 Å². The van der Waals surface area contributed by atoms with E-state index < -0.39 is 0 Å². The fraction of sp³-hybridized carbons (Fsp3) is 0.263. The summed E-state index contributed by atoms with van der Waals surface area (Å²) in [5.74, 6) is 2.25. The van der Waals surface area contributed by atoms with Gasteiger partial charge in [-0.05, 0) is 30.2 Å². The largest absolute Gasteiger partial charge is 0.493 e. The molecule has 1 amide bonds. The van der Waals surface area contributed by atoms with E-state index in [0.717, 1.165) is 23.5 Å². The molecule has 8 heteroatoms. The molecule has 0 aliphatic carbocycles. The second kappa shape index (κ2) is 7.45. The maximum atomic E-state index is 12.4. The Labute approximate surface area is 156 Å². The number of amides is 1. The Morgan fingerprint density at radius 1 is 1.30 bits per heavy atom. The highest BCUT2D eigenvalue weighted by atomic mass is 16.5. The number of hydrogen-bond donors (Lipinski definition) is 1. The molecule has 4 rings (SSSR count). The van der Waals surface area contributed by atoms with Gasteiger partial charge in [-0.15, -0.1) is 10.2 Å². The van der Waals surface area contributed by atoms with Crippen LogP contribution in [0.15, 0.2) is 49.2 Å². The zero-order valence-corrected chi connectivity index (χ0v) is 14.8. The molecule has 0 radical (unpaired) electrons. The average molecular weight is 365 g/mol. The first-order valence-corrected chi connectivity index (χ1v) is 8.62. The minimum atomic E-state index is -0.158. The van der Waals surface area contributed by atoms with Gasteiger partial charge in [-0.2, -0.15) is 0 Å². The molecule has 0 spiro atoms. The van der Waals surface area contributed by atoms with Gasteiger partial charge in [0.15, 0.2) is 11.5 Å². The van der Waals surface area contributed by atoms with E-state index in [-0.39, 0.29) is 11.8 Å². The van der Waals surface area contributed by atoms with Crippen molar-refractivity contribution >= 4 is 5.91 Å². The van der Waals surface area contributed by atoms with Gasteiger partial charge in [0, 0.05) is 18.7 Å². The molecule has 1 aliphatic rings. The van der Waals surface area contributed by atoms with Crippen molar-refractivity contribution in [2.45, 2.75) is 6.42 Å². The standard InChI is InChI=1S/C19H19N5O3/c1-26-16-4-2-3-14-7-13(10-27-18(14)16)8-21-19(25)15-5-6-17(20-9-15)24-11-22-23-12-24/h2-6,9,11-13H,7-8,10H2,1H3,(H,21,25)/t13-/m0/s1. The monoisotopic (exact) mass is 365 g/mol. The third kappa shape index (κ3) is 3.59. The first-order chi connectivity index (χ1) is 13.2. The molecule has 3 heterocycles. The van der Waals surface area contributed by atoms with Gasteiger partial charge >= 0.3 is 0 Å². The topological polar surface area (TPSA) is 91.2 Å². The summed E-state index contributed by atoms with van der Waals surface area (Å²) in [6.45, 7) is 1.07. The molecule has 0 saturated carbocycles. The summed E-state index contributed by atoms with van der Waals surface area (Å²) in [6.07, 6.45) is 5.48. The van der Waals surface area contributed by atoms with Crippen molar-refractivity contribution in [1.82, 2.24) is 25.1 Å². The predicted octanol–water partition coefficient (Wildman–Crippen LogP) is 1.65. The Morgan fingerprint density at radius 2 is 2.15 bits per heavy atom. The number of methoxy groups -OCH3 is 1. The minimum Gasteiger partial charge on any atom is -0.493 e. The van der Waals surface area contributed by atoms with E-state index in [4.69, 9.17) is 9.47 Å². The van der Waals surface area contributed by atoms with Gasteiger partial charge in [0.05, 0.1) is 19.3 Å². The summed E-state index contributed by atoms with van der Waals surface area (Å²) in [5.41, 5.74) is 1.60. The molecule has 2 aromatic heterocycles. The Balaban J connectivity index is 1.35. The number of fused-ring (bicyclic) bond motifs is 1. The molecule has 1 atom stereocenters. The Morgan fingerprint density at radius 3 is 2.89 bits per heavy atom. The summed E-state index contributed by atoms with van der Waals surface area (Å²) in [5, 5.41) is 10.4. The molecule has 27 heavy (non-hydrogen) atoms. The van der Waals surface area contributed by atoms with Gasteiger partial charge in [0.25, 0.3) is 5.91 Å². The van der Waals surface area contributed by atoms with Crippen LogP contribution in [0.4, 0.5) is 0 Å². The lowest BCUT2D eigenvalue weighted by atomic mass is 9.96. The molecule has 0 saturated heterocycles. The molecule has 0 fully saturated rings. The van der Waals surface area contributed by atoms with Crippen molar-refractivity contribution in [3.05, 3.63) is 60.3 Å². The van der Waals surface area contributed by atoms with Gasteiger partial charge in [0.2, 0.25) is 0 Å². The van der Waals surface area contributed by atoms with Crippen molar-refractivity contribution in [2.75, 3.05) is 20.3 Å². The summed E-state index contributed by atoms with van der Waals surface area (Å²) >= 11 is 0. The molecular weight excluding hydrogens is 346 g/mol. The van der Waals surface area contributed by atoms with Crippen LogP contribution in [0.2, 0.25) is 0 Å². The summed E-state index contributed by atoms with van der Waals surface area (Å²) in [4.78, 5) is 16.7. The third-order valence-electron chi connectivity index (χ3n) is 4.50. The van der Waals surface area contributed by atoms with Crippen molar-refractivity contribution in [2.24, 2.45) is 5.92 Å². The fourth-order valence-electron chi connectivity index (χ4n) is 3.08. The SMILES string of the molecule is COc1cccc2c1OC[C@H](CNC(=O)c1ccc(-n3cnnc3)nc1)C2. The quantitative estimate of drug-likeness (QED) is 0.739. The van der Waals surface area contributed by atoms with Crippen LogP contribution in [0.5, 0.6) is 11.5 Å². The smallest absolute Gasteiger partial charge is 0.252 e. The van der Waals surface area contributed by atoms with E-state index in [0.29, 0.717) is 24.5 Å². The highest BCUT2D eigenvalue weighted by Gasteiger charge is 2.23. The molecule has 0 unspecified atom stereocenters. The molecule has 1 aliphatic heterocycles. The summed E-state index contributed by atoms with van der Waals surface area (Å²) in [7, 11) is 1.63. The maximum Gasteiger partial charge on any atom is 0.252 e. The summed E-state index contributed by atoms with van der Waals surface area (Å²) < 4.78 is 12.9. The van der Waals surface area contributed by atoms with Gasteiger partial charge in [-0.1, -0.05) is 12.1 Å². The highest BCUT2D eigenvalue weighted by molar-refractivity contribution is 5.93. The van der Waals surface area contributed by atoms with E-state index in [9.17, 15) is 4.79 Å². The Bertz CT molecular complexity index is 925. The van der Waals surface area contributed by atoms with Gasteiger partial charge in [0.1, 0.15) is 18.5 Å². The number of carbonyl (C=O) groups excluding carboxylic acids is 1. The third-order valence-corrected chi connectivity index (χ3v) is 4.50. The second-order valence-electron chi connectivity index (χ2n) is 6.31. The number of nitrogens with zero attached hydrogens (tertiary/aromatic N) is 4. The average Bonchev–Trinajstić information content (AvgIpc) is 3.26. The minimum absolute atomic E-state index is 0.158. The lowest BCUT2D eigenvalue weighted by Gasteiger charge is -2.26. The zero-order chi connectivity index (χ0) is 18.6. The number of pyridine rings is 1.